The van der Waals surface area contributed by atoms with Crippen molar-refractivity contribution in [3.8, 4) is 22.5 Å². The highest BCUT2D eigenvalue weighted by molar-refractivity contribution is 5.97. The Morgan fingerprint density at radius 1 is 1.07 bits per heavy atom. The molecule has 6 nitrogen and oxygen atoms in total. The van der Waals surface area contributed by atoms with E-state index in [0.29, 0.717) is 22.5 Å². The van der Waals surface area contributed by atoms with E-state index in [-0.39, 0.29) is 18.2 Å². The largest absolute Gasteiger partial charge is 0.337 e. The van der Waals surface area contributed by atoms with Crippen LogP contribution in [0.15, 0.2) is 77.7 Å². The zero-order chi connectivity index (χ0) is 19.3. The summed E-state index contributed by atoms with van der Waals surface area (Å²) < 4.78 is 19.1. The van der Waals surface area contributed by atoms with Gasteiger partial charge in [0.25, 0.3) is 0 Å². The van der Waals surface area contributed by atoms with Crippen LogP contribution in [0.3, 0.4) is 0 Å². The number of carbonyl (C=O) groups excluding carboxylic acids is 1. The van der Waals surface area contributed by atoms with Gasteiger partial charge in [-0.2, -0.15) is 0 Å². The molecule has 0 spiro atoms. The number of carbonyl (C=O) groups is 1. The van der Waals surface area contributed by atoms with Gasteiger partial charge in [-0.05, 0) is 23.8 Å². The summed E-state index contributed by atoms with van der Waals surface area (Å²) in [6.07, 6.45) is 3.13. The molecular formula is C21H15FN4O2. The van der Waals surface area contributed by atoms with E-state index in [4.69, 9.17) is 4.52 Å². The van der Waals surface area contributed by atoms with Crippen LogP contribution >= 0.6 is 0 Å². The Morgan fingerprint density at radius 3 is 2.68 bits per heavy atom. The average Bonchev–Trinajstić information content (AvgIpc) is 3.13. The third-order valence-corrected chi connectivity index (χ3v) is 4.09. The van der Waals surface area contributed by atoms with E-state index in [1.165, 1.54) is 18.5 Å². The first kappa shape index (κ1) is 17.5. The monoisotopic (exact) mass is 374 g/mol. The van der Waals surface area contributed by atoms with Crippen LogP contribution in [-0.2, 0) is 11.2 Å². The number of rotatable bonds is 5. The molecule has 2 aromatic carbocycles. The van der Waals surface area contributed by atoms with Crippen molar-refractivity contribution in [3.05, 3.63) is 84.6 Å². The van der Waals surface area contributed by atoms with E-state index in [1.54, 1.807) is 24.4 Å². The van der Waals surface area contributed by atoms with E-state index in [0.717, 1.165) is 5.56 Å². The van der Waals surface area contributed by atoms with Gasteiger partial charge in [0.15, 0.2) is 0 Å². The van der Waals surface area contributed by atoms with Gasteiger partial charge < -0.3 is 4.52 Å². The van der Waals surface area contributed by atoms with Gasteiger partial charge in [-0.3, -0.25) is 10.1 Å². The normalized spacial score (nSPS) is 10.6. The van der Waals surface area contributed by atoms with E-state index >= 15 is 0 Å². The second kappa shape index (κ2) is 7.79. The first-order chi connectivity index (χ1) is 13.7. The lowest BCUT2D eigenvalue weighted by Crippen LogP contribution is -2.14. The number of benzene rings is 2. The smallest absolute Gasteiger partial charge is 0.241 e. The van der Waals surface area contributed by atoms with Crippen LogP contribution in [0.4, 0.5) is 10.3 Å². The zero-order valence-electron chi connectivity index (χ0n) is 14.7. The van der Waals surface area contributed by atoms with Crippen molar-refractivity contribution < 1.29 is 13.7 Å². The molecule has 0 bridgehead atoms. The molecule has 138 valence electrons. The molecule has 7 heteroatoms. The summed E-state index contributed by atoms with van der Waals surface area (Å²) in [7, 11) is 0. The summed E-state index contributed by atoms with van der Waals surface area (Å²) in [4.78, 5) is 20.6. The predicted molar refractivity (Wildman–Crippen MR) is 102 cm³/mol. The van der Waals surface area contributed by atoms with Crippen molar-refractivity contribution in [2.24, 2.45) is 0 Å². The van der Waals surface area contributed by atoms with Crippen molar-refractivity contribution in [3.63, 3.8) is 0 Å². The number of anilines is 1. The lowest BCUT2D eigenvalue weighted by Gasteiger charge is -2.06. The Morgan fingerprint density at radius 2 is 1.93 bits per heavy atom. The highest BCUT2D eigenvalue weighted by Crippen LogP contribution is 2.36. The summed E-state index contributed by atoms with van der Waals surface area (Å²) in [5.41, 5.74) is 2.74. The fourth-order valence-electron chi connectivity index (χ4n) is 2.84. The first-order valence-electron chi connectivity index (χ1n) is 8.56. The molecule has 0 aliphatic rings. The third kappa shape index (κ3) is 3.78. The van der Waals surface area contributed by atoms with Crippen LogP contribution in [0.2, 0.25) is 0 Å². The fraction of sp³-hybridized carbons (Fsp3) is 0.0476. The Hall–Kier alpha value is -3.87. The highest BCUT2D eigenvalue weighted by Gasteiger charge is 2.22. The molecule has 2 heterocycles. The van der Waals surface area contributed by atoms with Crippen LogP contribution in [0.25, 0.3) is 22.5 Å². The van der Waals surface area contributed by atoms with Crippen molar-refractivity contribution in [1.29, 1.82) is 0 Å². The maximum atomic E-state index is 13.7. The maximum Gasteiger partial charge on any atom is 0.241 e. The molecule has 0 saturated carbocycles. The first-order valence-corrected chi connectivity index (χ1v) is 8.56. The Kier molecular flexibility index (Phi) is 4.88. The maximum absolute atomic E-state index is 13.7. The molecule has 0 fully saturated rings. The molecule has 0 aliphatic heterocycles. The van der Waals surface area contributed by atoms with E-state index < -0.39 is 5.82 Å². The summed E-state index contributed by atoms with van der Waals surface area (Å²) in [6, 6.07) is 17.0. The summed E-state index contributed by atoms with van der Waals surface area (Å²) >= 11 is 0. The van der Waals surface area contributed by atoms with Gasteiger partial charge in [-0.25, -0.2) is 14.4 Å². The molecule has 28 heavy (non-hydrogen) atoms. The second-order valence-corrected chi connectivity index (χ2v) is 6.05. The highest BCUT2D eigenvalue weighted by atomic mass is 19.1. The molecule has 0 radical (unpaired) electrons. The molecule has 1 amide bonds. The molecule has 0 atom stereocenters. The SMILES string of the molecule is O=C(Cc1ccccc1)Nc1onc(-c2cccc(F)c2)c1-c1ccncn1. The van der Waals surface area contributed by atoms with Gasteiger partial charge in [0.2, 0.25) is 11.8 Å². The molecule has 2 aromatic heterocycles. The van der Waals surface area contributed by atoms with Crippen molar-refractivity contribution >= 4 is 11.8 Å². The lowest BCUT2D eigenvalue weighted by atomic mass is 10.0. The summed E-state index contributed by atoms with van der Waals surface area (Å²) in [5, 5.41) is 6.79. The number of aromatic nitrogens is 3. The Labute approximate surface area is 160 Å². The van der Waals surface area contributed by atoms with E-state index in [9.17, 15) is 9.18 Å². The lowest BCUT2D eigenvalue weighted by molar-refractivity contribution is -0.115. The third-order valence-electron chi connectivity index (χ3n) is 4.09. The van der Waals surface area contributed by atoms with Gasteiger partial charge in [0, 0.05) is 11.8 Å². The number of halogens is 1. The van der Waals surface area contributed by atoms with Gasteiger partial charge in [0.05, 0.1) is 17.7 Å². The number of hydrogen-bond acceptors (Lipinski definition) is 5. The number of amides is 1. The minimum atomic E-state index is -0.399. The second-order valence-electron chi connectivity index (χ2n) is 6.05. The number of hydrogen-bond donors (Lipinski definition) is 1. The van der Waals surface area contributed by atoms with Crippen LogP contribution < -0.4 is 5.32 Å². The standard InChI is InChI=1S/C21H15FN4O2/c22-16-8-4-7-15(12-16)20-19(17-9-10-23-13-24-17)21(28-26-20)25-18(27)11-14-5-2-1-3-6-14/h1-10,12-13H,11H2,(H,25,27). The van der Waals surface area contributed by atoms with Gasteiger partial charge >= 0.3 is 0 Å². The molecule has 4 aromatic rings. The molecular weight excluding hydrogens is 359 g/mol. The topological polar surface area (TPSA) is 80.9 Å². The number of nitrogens with zero attached hydrogens (tertiary/aromatic N) is 3. The molecule has 0 saturated heterocycles. The molecule has 0 unspecified atom stereocenters. The van der Waals surface area contributed by atoms with Crippen LogP contribution in [0.5, 0.6) is 0 Å². The van der Waals surface area contributed by atoms with Gasteiger partial charge in [-0.15, -0.1) is 0 Å². The van der Waals surface area contributed by atoms with Gasteiger partial charge in [-0.1, -0.05) is 47.6 Å². The van der Waals surface area contributed by atoms with Crippen molar-refractivity contribution in [2.75, 3.05) is 5.32 Å². The van der Waals surface area contributed by atoms with Gasteiger partial charge in [0.1, 0.15) is 17.8 Å². The Balaban J connectivity index is 1.70. The fourth-order valence-corrected chi connectivity index (χ4v) is 2.84. The van der Waals surface area contributed by atoms with Crippen LogP contribution in [0.1, 0.15) is 5.56 Å². The molecule has 4 rings (SSSR count). The quantitative estimate of drug-likeness (QED) is 0.568. The van der Waals surface area contributed by atoms with Crippen LogP contribution in [0, 0.1) is 5.82 Å². The number of nitrogens with one attached hydrogen (secondary N) is 1. The predicted octanol–water partition coefficient (Wildman–Crippen LogP) is 4.12. The van der Waals surface area contributed by atoms with Crippen molar-refractivity contribution in [2.45, 2.75) is 6.42 Å². The van der Waals surface area contributed by atoms with Crippen molar-refractivity contribution in [1.82, 2.24) is 15.1 Å². The minimum Gasteiger partial charge on any atom is -0.337 e. The average molecular weight is 374 g/mol. The molecule has 1 N–H and O–H groups in total. The molecule has 0 aliphatic carbocycles. The van der Waals surface area contributed by atoms with E-state index in [2.05, 4.69) is 20.4 Å². The minimum absolute atomic E-state index is 0.152. The van der Waals surface area contributed by atoms with E-state index in [1.807, 2.05) is 30.3 Å². The summed E-state index contributed by atoms with van der Waals surface area (Å²) in [5.74, 6) is -0.508. The van der Waals surface area contributed by atoms with Crippen LogP contribution in [-0.4, -0.2) is 21.0 Å². The Bertz CT molecular complexity index is 1100. The zero-order valence-corrected chi connectivity index (χ0v) is 14.7. The summed E-state index contributed by atoms with van der Waals surface area (Å²) in [6.45, 7) is 0.